The van der Waals surface area contributed by atoms with Gasteiger partial charge in [0, 0.05) is 17.1 Å². The molecule has 5 heteroatoms. The highest BCUT2D eigenvalue weighted by atomic mass is 79.9. The maximum Gasteiger partial charge on any atom is 0.148 e. The normalized spacial score (nSPS) is 10.3. The minimum atomic E-state index is -0.386. The van der Waals surface area contributed by atoms with Gasteiger partial charge in [-0.1, -0.05) is 15.9 Å². The quantitative estimate of drug-likeness (QED) is 0.810. The van der Waals surface area contributed by atoms with E-state index in [1.165, 1.54) is 6.07 Å². The van der Waals surface area contributed by atoms with Gasteiger partial charge in [-0.3, -0.25) is 0 Å². The summed E-state index contributed by atoms with van der Waals surface area (Å²) in [5, 5.41) is 9.09. The van der Waals surface area contributed by atoms with Crippen LogP contribution in [0, 0.1) is 24.1 Å². The molecule has 0 saturated heterocycles. The molecule has 2 rings (SSSR count). The minimum absolute atomic E-state index is 0.333. The zero-order valence-electron chi connectivity index (χ0n) is 9.33. The molecule has 86 valence electrons. The van der Waals surface area contributed by atoms with E-state index in [0.29, 0.717) is 22.8 Å². The van der Waals surface area contributed by atoms with E-state index in [0.717, 1.165) is 4.47 Å². The molecule has 0 atom stereocenters. The van der Waals surface area contributed by atoms with Gasteiger partial charge >= 0.3 is 0 Å². The summed E-state index contributed by atoms with van der Waals surface area (Å²) >= 11 is 3.28. The van der Waals surface area contributed by atoms with E-state index in [-0.39, 0.29) is 5.82 Å². The second-order valence-corrected chi connectivity index (χ2v) is 4.57. The lowest BCUT2D eigenvalue weighted by Gasteiger charge is -2.01. The van der Waals surface area contributed by atoms with E-state index in [1.54, 1.807) is 30.7 Å². The van der Waals surface area contributed by atoms with E-state index in [2.05, 4.69) is 20.9 Å². The standard InChI is InChI=1S/C12H9BrFN3/c1-7-16-12(11(6-15)17(7)2)9-5-8(13)3-4-10(9)14/h3-5H,1-2H3. The Kier molecular flexibility index (Phi) is 2.99. The second kappa shape index (κ2) is 4.30. The third kappa shape index (κ3) is 1.96. The van der Waals surface area contributed by atoms with Crippen LogP contribution in [-0.2, 0) is 7.05 Å². The van der Waals surface area contributed by atoms with Crippen LogP contribution in [0.3, 0.4) is 0 Å². The van der Waals surface area contributed by atoms with Crippen LogP contribution < -0.4 is 0 Å². The Morgan fingerprint density at radius 3 is 2.82 bits per heavy atom. The number of imidazole rings is 1. The highest BCUT2D eigenvalue weighted by Gasteiger charge is 2.17. The summed E-state index contributed by atoms with van der Waals surface area (Å²) in [7, 11) is 1.74. The summed E-state index contributed by atoms with van der Waals surface area (Å²) < 4.78 is 16.1. The zero-order valence-corrected chi connectivity index (χ0v) is 10.9. The molecular formula is C12H9BrFN3. The first kappa shape index (κ1) is 11.8. The van der Waals surface area contributed by atoms with E-state index >= 15 is 0 Å². The Morgan fingerprint density at radius 2 is 2.18 bits per heavy atom. The molecule has 0 aliphatic heterocycles. The van der Waals surface area contributed by atoms with Gasteiger partial charge in [0.2, 0.25) is 0 Å². The lowest BCUT2D eigenvalue weighted by atomic mass is 10.1. The van der Waals surface area contributed by atoms with E-state index in [1.807, 2.05) is 6.07 Å². The fourth-order valence-electron chi connectivity index (χ4n) is 1.61. The van der Waals surface area contributed by atoms with Crippen molar-refractivity contribution in [3.05, 3.63) is 40.0 Å². The molecule has 0 amide bonds. The number of hydrogen-bond donors (Lipinski definition) is 0. The van der Waals surface area contributed by atoms with Gasteiger partial charge in [0.15, 0.2) is 0 Å². The third-order valence-electron chi connectivity index (χ3n) is 2.61. The molecule has 0 bridgehead atoms. The molecule has 0 fully saturated rings. The van der Waals surface area contributed by atoms with Gasteiger partial charge in [0.25, 0.3) is 0 Å². The average molecular weight is 294 g/mol. The number of aryl methyl sites for hydroxylation is 1. The number of nitriles is 1. The average Bonchev–Trinajstić information content (AvgIpc) is 2.58. The topological polar surface area (TPSA) is 41.6 Å². The zero-order chi connectivity index (χ0) is 12.6. The summed E-state index contributed by atoms with van der Waals surface area (Å²) in [6.45, 7) is 1.78. The largest absolute Gasteiger partial charge is 0.323 e. The Bertz CT molecular complexity index is 625. The molecule has 0 aliphatic rings. The fraction of sp³-hybridized carbons (Fsp3) is 0.167. The van der Waals surface area contributed by atoms with Crippen molar-refractivity contribution in [1.29, 1.82) is 5.26 Å². The van der Waals surface area contributed by atoms with Crippen LogP contribution in [0.15, 0.2) is 22.7 Å². The second-order valence-electron chi connectivity index (χ2n) is 3.65. The molecule has 3 nitrogen and oxygen atoms in total. The van der Waals surface area contributed by atoms with Crippen molar-refractivity contribution in [1.82, 2.24) is 9.55 Å². The van der Waals surface area contributed by atoms with Gasteiger partial charge in [-0.15, -0.1) is 0 Å². The van der Waals surface area contributed by atoms with Gasteiger partial charge < -0.3 is 4.57 Å². The van der Waals surface area contributed by atoms with Gasteiger partial charge in [-0.25, -0.2) is 9.37 Å². The minimum Gasteiger partial charge on any atom is -0.323 e. The number of rotatable bonds is 1. The number of aromatic nitrogens is 2. The summed E-state index contributed by atoms with van der Waals surface area (Å²) in [6.07, 6.45) is 0. The van der Waals surface area contributed by atoms with Crippen molar-refractivity contribution in [2.75, 3.05) is 0 Å². The predicted molar refractivity (Wildman–Crippen MR) is 65.8 cm³/mol. The van der Waals surface area contributed by atoms with Crippen LogP contribution in [0.1, 0.15) is 11.5 Å². The number of benzene rings is 1. The molecule has 1 aromatic heterocycles. The molecule has 17 heavy (non-hydrogen) atoms. The van der Waals surface area contributed by atoms with E-state index in [9.17, 15) is 4.39 Å². The third-order valence-corrected chi connectivity index (χ3v) is 3.10. The van der Waals surface area contributed by atoms with Gasteiger partial charge in [0.05, 0.1) is 0 Å². The molecule has 1 heterocycles. The summed E-state index contributed by atoms with van der Waals surface area (Å²) in [4.78, 5) is 4.23. The Hall–Kier alpha value is -1.67. The van der Waals surface area contributed by atoms with Gasteiger partial charge in [-0.05, 0) is 25.1 Å². The summed E-state index contributed by atoms with van der Waals surface area (Å²) in [5.74, 6) is 0.290. The maximum atomic E-state index is 13.7. The van der Waals surface area contributed by atoms with Crippen molar-refractivity contribution in [2.45, 2.75) is 6.92 Å². The highest BCUT2D eigenvalue weighted by Crippen LogP contribution is 2.28. The molecule has 0 saturated carbocycles. The van der Waals surface area contributed by atoms with Crippen molar-refractivity contribution in [3.8, 4) is 17.3 Å². The first-order valence-electron chi connectivity index (χ1n) is 4.93. The molecule has 0 N–H and O–H groups in total. The Labute approximate surface area is 107 Å². The van der Waals surface area contributed by atoms with E-state index < -0.39 is 0 Å². The summed E-state index contributed by atoms with van der Waals surface area (Å²) in [5.41, 5.74) is 1.07. The van der Waals surface area contributed by atoms with Crippen LogP contribution >= 0.6 is 15.9 Å². The molecule has 0 radical (unpaired) electrons. The predicted octanol–water partition coefficient (Wildman–Crippen LogP) is 3.17. The molecule has 0 spiro atoms. The molecular weight excluding hydrogens is 285 g/mol. The van der Waals surface area contributed by atoms with Crippen molar-refractivity contribution in [2.24, 2.45) is 7.05 Å². The van der Waals surface area contributed by atoms with E-state index in [4.69, 9.17) is 5.26 Å². The smallest absolute Gasteiger partial charge is 0.148 e. The lowest BCUT2D eigenvalue weighted by molar-refractivity contribution is 0.630. The van der Waals surface area contributed by atoms with Crippen LogP contribution in [0.2, 0.25) is 0 Å². The monoisotopic (exact) mass is 293 g/mol. The van der Waals surface area contributed by atoms with Crippen LogP contribution in [0.25, 0.3) is 11.3 Å². The van der Waals surface area contributed by atoms with Gasteiger partial charge in [0.1, 0.15) is 29.1 Å². The molecule has 2 aromatic rings. The number of halogens is 2. The SMILES string of the molecule is Cc1nc(-c2cc(Br)ccc2F)c(C#N)n1C. The highest BCUT2D eigenvalue weighted by molar-refractivity contribution is 9.10. The Morgan fingerprint density at radius 1 is 1.47 bits per heavy atom. The molecule has 0 unspecified atom stereocenters. The fourth-order valence-corrected chi connectivity index (χ4v) is 1.97. The number of hydrogen-bond acceptors (Lipinski definition) is 2. The van der Waals surface area contributed by atoms with Crippen LogP contribution in [0.4, 0.5) is 4.39 Å². The van der Waals surface area contributed by atoms with Crippen molar-refractivity contribution >= 4 is 15.9 Å². The number of nitrogens with zero attached hydrogens (tertiary/aromatic N) is 3. The van der Waals surface area contributed by atoms with Crippen LogP contribution in [-0.4, -0.2) is 9.55 Å². The summed E-state index contributed by atoms with van der Waals surface area (Å²) in [6, 6.07) is 6.63. The Balaban J connectivity index is 2.73. The first-order valence-corrected chi connectivity index (χ1v) is 5.72. The van der Waals surface area contributed by atoms with Gasteiger partial charge in [-0.2, -0.15) is 5.26 Å². The first-order chi connectivity index (χ1) is 8.04. The van der Waals surface area contributed by atoms with Crippen LogP contribution in [0.5, 0.6) is 0 Å². The maximum absolute atomic E-state index is 13.7. The van der Waals surface area contributed by atoms with Crippen molar-refractivity contribution in [3.63, 3.8) is 0 Å². The molecule has 0 aliphatic carbocycles. The lowest BCUT2D eigenvalue weighted by Crippen LogP contribution is -1.95. The van der Waals surface area contributed by atoms with Crippen molar-refractivity contribution < 1.29 is 4.39 Å². The molecule has 1 aromatic carbocycles.